The van der Waals surface area contributed by atoms with Gasteiger partial charge < -0.3 is 4.98 Å². The first-order chi connectivity index (χ1) is 9.83. The Labute approximate surface area is 119 Å². The third-order valence-electron chi connectivity index (χ3n) is 3.02. The maximum atomic E-state index is 13.2. The monoisotopic (exact) mass is 308 g/mol. The van der Waals surface area contributed by atoms with E-state index >= 15 is 0 Å². The number of sulfone groups is 1. The lowest BCUT2D eigenvalue weighted by atomic mass is 10.2. The Morgan fingerprint density at radius 3 is 2.33 bits per heavy atom. The van der Waals surface area contributed by atoms with Crippen LogP contribution >= 0.6 is 0 Å². The molecule has 0 spiro atoms. The number of benzene rings is 2. The fraction of sp³-hybridized carbons (Fsp3) is 0.0714. The number of rotatable bonds is 2. The van der Waals surface area contributed by atoms with E-state index < -0.39 is 21.5 Å². The number of fused-ring (bicyclic) bond motifs is 1. The molecule has 0 atom stereocenters. The van der Waals surface area contributed by atoms with Crippen LogP contribution in [0.5, 0.6) is 0 Å². The Kier molecular flexibility index (Phi) is 3.02. The van der Waals surface area contributed by atoms with Crippen LogP contribution in [-0.2, 0) is 9.84 Å². The largest absolute Gasteiger partial charge is 0.338 e. The first-order valence-electron chi connectivity index (χ1n) is 5.99. The molecule has 2 aromatic carbocycles. The minimum absolute atomic E-state index is 0.149. The molecule has 0 aliphatic carbocycles. The number of H-pyrrole nitrogens is 1. The second-order valence-electron chi connectivity index (χ2n) is 4.69. The summed E-state index contributed by atoms with van der Waals surface area (Å²) in [5, 5.41) is 0. The molecule has 0 aliphatic heterocycles. The molecule has 7 heteroatoms. The Morgan fingerprint density at radius 2 is 1.71 bits per heavy atom. The van der Waals surface area contributed by atoms with Gasteiger partial charge in [-0.25, -0.2) is 22.2 Å². The quantitative estimate of drug-likeness (QED) is 0.792. The Hall–Kier alpha value is -2.28. The van der Waals surface area contributed by atoms with E-state index in [1.165, 1.54) is 12.1 Å². The molecule has 0 radical (unpaired) electrons. The van der Waals surface area contributed by atoms with E-state index in [9.17, 15) is 17.2 Å². The van der Waals surface area contributed by atoms with Crippen LogP contribution in [0.3, 0.4) is 0 Å². The number of hydrogen-bond donors (Lipinski definition) is 1. The van der Waals surface area contributed by atoms with Gasteiger partial charge in [-0.1, -0.05) is 0 Å². The van der Waals surface area contributed by atoms with E-state index in [1.54, 1.807) is 6.07 Å². The van der Waals surface area contributed by atoms with Crippen molar-refractivity contribution < 1.29 is 17.2 Å². The van der Waals surface area contributed by atoms with Gasteiger partial charge in [0, 0.05) is 17.9 Å². The summed E-state index contributed by atoms with van der Waals surface area (Å²) in [6, 6.07) is 7.50. The summed E-state index contributed by atoms with van der Waals surface area (Å²) in [4.78, 5) is 7.22. The first-order valence-corrected chi connectivity index (χ1v) is 7.88. The van der Waals surface area contributed by atoms with Crippen molar-refractivity contribution in [2.24, 2.45) is 0 Å². The molecule has 21 heavy (non-hydrogen) atoms. The maximum Gasteiger partial charge on any atom is 0.175 e. The highest BCUT2D eigenvalue weighted by Crippen LogP contribution is 2.24. The molecule has 1 aromatic heterocycles. The highest BCUT2D eigenvalue weighted by molar-refractivity contribution is 7.90. The molecular formula is C14H10F2N2O2S. The fourth-order valence-electron chi connectivity index (χ4n) is 2.05. The van der Waals surface area contributed by atoms with Gasteiger partial charge in [-0.05, 0) is 30.3 Å². The minimum Gasteiger partial charge on any atom is -0.338 e. The van der Waals surface area contributed by atoms with E-state index in [-0.39, 0.29) is 16.3 Å². The van der Waals surface area contributed by atoms with E-state index in [1.807, 2.05) is 0 Å². The second-order valence-corrected chi connectivity index (χ2v) is 6.71. The summed E-state index contributed by atoms with van der Waals surface area (Å²) in [5.74, 6) is -1.14. The molecule has 3 rings (SSSR count). The van der Waals surface area contributed by atoms with Gasteiger partial charge in [-0.3, -0.25) is 0 Å². The van der Waals surface area contributed by atoms with Crippen molar-refractivity contribution in [2.75, 3.05) is 6.26 Å². The average Bonchev–Trinajstić information content (AvgIpc) is 2.79. The van der Waals surface area contributed by atoms with Crippen LogP contribution in [0, 0.1) is 11.6 Å². The van der Waals surface area contributed by atoms with Crippen molar-refractivity contribution in [3.05, 3.63) is 48.0 Å². The lowest BCUT2D eigenvalue weighted by molar-refractivity contribution is 0.584. The summed E-state index contributed by atoms with van der Waals surface area (Å²) < 4.78 is 49.5. The molecule has 1 heterocycles. The number of aromatic nitrogens is 2. The van der Waals surface area contributed by atoms with Crippen LogP contribution in [0.25, 0.3) is 22.4 Å². The zero-order valence-electron chi connectivity index (χ0n) is 10.9. The first kappa shape index (κ1) is 13.7. The van der Waals surface area contributed by atoms with Gasteiger partial charge in [-0.15, -0.1) is 0 Å². The van der Waals surface area contributed by atoms with Gasteiger partial charge in [0.2, 0.25) is 0 Å². The number of hydrogen-bond acceptors (Lipinski definition) is 3. The number of nitrogens with one attached hydrogen (secondary N) is 1. The van der Waals surface area contributed by atoms with Gasteiger partial charge in [0.15, 0.2) is 9.84 Å². The molecule has 1 N–H and O–H groups in total. The van der Waals surface area contributed by atoms with E-state index in [4.69, 9.17) is 0 Å². The number of aromatic amines is 1. The lowest BCUT2D eigenvalue weighted by Gasteiger charge is -1.97. The Balaban J connectivity index is 2.17. The van der Waals surface area contributed by atoms with Crippen molar-refractivity contribution in [3.63, 3.8) is 0 Å². The number of nitrogens with zero attached hydrogens (tertiary/aromatic N) is 1. The van der Waals surface area contributed by atoms with Crippen LogP contribution < -0.4 is 0 Å². The van der Waals surface area contributed by atoms with Gasteiger partial charge in [-0.2, -0.15) is 0 Å². The standard InChI is InChI=1S/C14H10F2N2O2S/c1-21(19,20)11-2-3-12-13(7-11)18-14(17-12)8-4-9(15)6-10(16)5-8/h2-7H,1H3,(H,17,18). The zero-order chi connectivity index (χ0) is 15.2. The fourth-order valence-corrected chi connectivity index (χ4v) is 2.69. The number of halogens is 2. The smallest absolute Gasteiger partial charge is 0.175 e. The normalized spacial score (nSPS) is 12.0. The molecule has 0 saturated heterocycles. The van der Waals surface area contributed by atoms with Crippen molar-refractivity contribution in [3.8, 4) is 11.4 Å². The van der Waals surface area contributed by atoms with Gasteiger partial charge in [0.1, 0.15) is 17.5 Å². The Bertz CT molecular complexity index is 929. The molecule has 108 valence electrons. The van der Waals surface area contributed by atoms with E-state index in [0.29, 0.717) is 11.0 Å². The van der Waals surface area contributed by atoms with Gasteiger partial charge >= 0.3 is 0 Å². The highest BCUT2D eigenvalue weighted by atomic mass is 32.2. The van der Waals surface area contributed by atoms with Crippen LogP contribution in [0.4, 0.5) is 8.78 Å². The van der Waals surface area contributed by atoms with Crippen molar-refractivity contribution in [2.45, 2.75) is 4.90 Å². The summed E-state index contributed by atoms with van der Waals surface area (Å²) in [6.45, 7) is 0. The SMILES string of the molecule is CS(=O)(=O)c1ccc2nc(-c3cc(F)cc(F)c3)[nH]c2c1. The van der Waals surface area contributed by atoms with Crippen LogP contribution in [0.2, 0.25) is 0 Å². The summed E-state index contributed by atoms with van der Waals surface area (Å²) in [5.41, 5.74) is 1.25. The molecule has 0 unspecified atom stereocenters. The number of imidazole rings is 1. The summed E-state index contributed by atoms with van der Waals surface area (Å²) in [6.07, 6.45) is 1.10. The van der Waals surface area contributed by atoms with Crippen molar-refractivity contribution in [1.82, 2.24) is 9.97 Å². The second kappa shape index (κ2) is 4.63. The maximum absolute atomic E-state index is 13.2. The molecule has 0 bridgehead atoms. The third kappa shape index (κ3) is 2.64. The van der Waals surface area contributed by atoms with Gasteiger partial charge in [0.25, 0.3) is 0 Å². The predicted octanol–water partition coefficient (Wildman–Crippen LogP) is 2.91. The van der Waals surface area contributed by atoms with E-state index in [0.717, 1.165) is 24.5 Å². The van der Waals surface area contributed by atoms with E-state index in [2.05, 4.69) is 9.97 Å². The molecule has 0 saturated carbocycles. The predicted molar refractivity (Wildman–Crippen MR) is 74.6 cm³/mol. The zero-order valence-corrected chi connectivity index (χ0v) is 11.7. The summed E-state index contributed by atoms with van der Waals surface area (Å²) >= 11 is 0. The van der Waals surface area contributed by atoms with Crippen LogP contribution in [-0.4, -0.2) is 24.6 Å². The summed E-state index contributed by atoms with van der Waals surface area (Å²) in [7, 11) is -3.33. The molecular weight excluding hydrogens is 298 g/mol. The molecule has 0 aliphatic rings. The minimum atomic E-state index is -3.33. The highest BCUT2D eigenvalue weighted by Gasteiger charge is 2.12. The van der Waals surface area contributed by atoms with Crippen molar-refractivity contribution >= 4 is 20.9 Å². The average molecular weight is 308 g/mol. The molecule has 4 nitrogen and oxygen atoms in total. The van der Waals surface area contributed by atoms with Crippen molar-refractivity contribution in [1.29, 1.82) is 0 Å². The topological polar surface area (TPSA) is 62.8 Å². The molecule has 0 amide bonds. The molecule has 3 aromatic rings. The third-order valence-corrected chi connectivity index (χ3v) is 4.13. The Morgan fingerprint density at radius 1 is 1.05 bits per heavy atom. The van der Waals surface area contributed by atoms with Crippen LogP contribution in [0.1, 0.15) is 0 Å². The molecule has 0 fully saturated rings. The van der Waals surface area contributed by atoms with Gasteiger partial charge in [0.05, 0.1) is 15.9 Å². The van der Waals surface area contributed by atoms with Crippen LogP contribution in [0.15, 0.2) is 41.3 Å². The lowest BCUT2D eigenvalue weighted by Crippen LogP contribution is -1.96.